The number of aliphatic hydroxyl groups excluding tert-OH is 1. The zero-order valence-corrected chi connectivity index (χ0v) is 33.0. The van der Waals surface area contributed by atoms with Crippen molar-refractivity contribution in [2.75, 3.05) is 6.54 Å². The molecule has 3 fully saturated rings. The maximum absolute atomic E-state index is 13.9. The van der Waals surface area contributed by atoms with Crippen LogP contribution in [0.5, 0.6) is 0 Å². The van der Waals surface area contributed by atoms with E-state index in [1.807, 2.05) is 87.5 Å². The average Bonchev–Trinajstić information content (AvgIpc) is 3.20. The number of nitrogens with one attached hydrogen (secondary N) is 2. The smallest absolute Gasteiger partial charge is 0.240 e. The predicted octanol–water partition coefficient (Wildman–Crippen LogP) is 7.81. The fraction of sp³-hybridized carbons (Fsp3) is 0.444. The lowest BCUT2D eigenvalue weighted by Crippen LogP contribution is -2.61. The molecule has 2 aliphatic heterocycles. The van der Waals surface area contributed by atoms with Crippen LogP contribution >= 0.6 is 0 Å². The van der Waals surface area contributed by atoms with Gasteiger partial charge in [-0.3, -0.25) is 9.69 Å². The van der Waals surface area contributed by atoms with Crippen LogP contribution in [0.25, 0.3) is 11.1 Å². The zero-order chi connectivity index (χ0) is 38.6. The number of amides is 1. The molecular weight excluding hydrogens is 711 g/mol. The number of rotatable bonds is 11. The first-order valence-electron chi connectivity index (χ1n) is 19.8. The van der Waals surface area contributed by atoms with Crippen LogP contribution in [0.3, 0.4) is 0 Å². The summed E-state index contributed by atoms with van der Waals surface area (Å²) in [6.07, 6.45) is 6.17. The van der Waals surface area contributed by atoms with Gasteiger partial charge in [0, 0.05) is 36.7 Å². The third-order valence-electron chi connectivity index (χ3n) is 11.3. The number of ether oxygens (including phenoxy) is 2. The second kappa shape index (κ2) is 17.1. The summed E-state index contributed by atoms with van der Waals surface area (Å²) in [4.78, 5) is 16.6. The Balaban J connectivity index is 1.15. The number of fused-ring (bicyclic) bond motifs is 1. The van der Waals surface area contributed by atoms with Crippen molar-refractivity contribution >= 4 is 15.9 Å². The second-order valence-electron chi connectivity index (χ2n) is 16.5. The quantitative estimate of drug-likeness (QED) is 0.143. The topological polar surface area (TPSA) is 117 Å². The maximum atomic E-state index is 13.9. The van der Waals surface area contributed by atoms with Crippen molar-refractivity contribution in [3.63, 3.8) is 0 Å². The molecule has 2 saturated heterocycles. The van der Waals surface area contributed by atoms with Crippen molar-refractivity contribution in [3.05, 3.63) is 125 Å². The number of piperidine rings is 1. The summed E-state index contributed by atoms with van der Waals surface area (Å²) < 4.78 is 42.2. The van der Waals surface area contributed by atoms with Crippen LogP contribution < -0.4 is 10.0 Å². The van der Waals surface area contributed by atoms with E-state index in [1.54, 1.807) is 30.3 Å². The van der Waals surface area contributed by atoms with Gasteiger partial charge < -0.3 is 19.9 Å². The van der Waals surface area contributed by atoms with E-state index >= 15 is 0 Å². The molecular formula is C45H55N3O6S. The van der Waals surface area contributed by atoms with Gasteiger partial charge >= 0.3 is 0 Å². The van der Waals surface area contributed by atoms with Crippen LogP contribution in [-0.4, -0.2) is 54.6 Å². The van der Waals surface area contributed by atoms with E-state index < -0.39 is 16.3 Å². The van der Waals surface area contributed by atoms with Gasteiger partial charge in [-0.05, 0) is 104 Å². The van der Waals surface area contributed by atoms with Crippen molar-refractivity contribution < 1.29 is 27.8 Å². The maximum Gasteiger partial charge on any atom is 0.240 e. The number of hydrogen-bond donors (Lipinski definition) is 3. The average molecular weight is 766 g/mol. The predicted molar refractivity (Wildman–Crippen MR) is 214 cm³/mol. The lowest BCUT2D eigenvalue weighted by atomic mass is 9.75. The molecule has 4 aromatic carbocycles. The number of carbonyl (C=O) groups is 1. The molecule has 6 unspecified atom stereocenters. The molecule has 1 aliphatic carbocycles. The Kier molecular flexibility index (Phi) is 12.2. The van der Waals surface area contributed by atoms with Gasteiger partial charge in [-0.1, -0.05) is 91.7 Å². The summed E-state index contributed by atoms with van der Waals surface area (Å²) >= 11 is 0. The minimum Gasteiger partial charge on any atom is -0.392 e. The van der Waals surface area contributed by atoms with Gasteiger partial charge in [0.15, 0.2) is 6.29 Å². The largest absolute Gasteiger partial charge is 0.392 e. The number of sulfonamides is 1. The standard InChI is InChI=1S/C45H55N3O6S/c1-45(2,3)47-43(50)41-24-23-33-12-7-8-18-40(33)48(41)29-38-27-42(34-21-19-31(30-49)20-22-34)54-44(53-38)37-15-10-14-36(26-37)35-13-9-11-32(25-35)28-46-55(51,52)39-16-5-4-6-17-39/h4-6,9-11,13-17,19-22,25-26,33,38,40-42,44,46,49H,7-8,12,18,23-24,27-30H2,1-3H3,(H,47,50). The van der Waals surface area contributed by atoms with Gasteiger partial charge in [0.05, 0.1) is 29.8 Å². The van der Waals surface area contributed by atoms with E-state index in [0.717, 1.165) is 52.6 Å². The van der Waals surface area contributed by atoms with Crippen molar-refractivity contribution in [2.24, 2.45) is 5.92 Å². The van der Waals surface area contributed by atoms with Crippen molar-refractivity contribution in [3.8, 4) is 11.1 Å². The Morgan fingerprint density at radius 1 is 0.800 bits per heavy atom. The molecule has 4 aromatic rings. The van der Waals surface area contributed by atoms with Crippen LogP contribution in [0.1, 0.15) is 100 Å². The van der Waals surface area contributed by atoms with Crippen molar-refractivity contribution in [1.29, 1.82) is 0 Å². The lowest BCUT2D eigenvalue weighted by Gasteiger charge is -2.50. The highest BCUT2D eigenvalue weighted by molar-refractivity contribution is 7.89. The molecule has 6 atom stereocenters. The fourth-order valence-electron chi connectivity index (χ4n) is 8.58. The molecule has 1 saturated carbocycles. The van der Waals surface area contributed by atoms with Gasteiger partial charge in [-0.15, -0.1) is 0 Å². The van der Waals surface area contributed by atoms with E-state index in [9.17, 15) is 18.3 Å². The SMILES string of the molecule is CC(C)(C)NC(=O)C1CCC2CCCCC2N1CC1CC(c2ccc(CO)cc2)OC(c2cccc(-c3cccc(CNS(=O)(=O)c4ccccc4)c3)c2)O1. The Morgan fingerprint density at radius 2 is 1.53 bits per heavy atom. The number of benzene rings is 4. The molecule has 3 aliphatic rings. The molecule has 0 spiro atoms. The first kappa shape index (κ1) is 39.3. The van der Waals surface area contributed by atoms with E-state index in [4.69, 9.17) is 9.47 Å². The Morgan fingerprint density at radius 3 is 2.27 bits per heavy atom. The second-order valence-corrected chi connectivity index (χ2v) is 18.2. The number of hydrogen-bond acceptors (Lipinski definition) is 7. The number of likely N-dealkylation sites (tertiary alicyclic amines) is 1. The van der Waals surface area contributed by atoms with Crippen LogP contribution in [0, 0.1) is 5.92 Å². The minimum absolute atomic E-state index is 0.0252. The molecule has 0 aromatic heterocycles. The molecule has 0 bridgehead atoms. The fourth-order valence-corrected chi connectivity index (χ4v) is 9.62. The summed E-state index contributed by atoms with van der Waals surface area (Å²) in [7, 11) is -3.65. The Labute approximate surface area is 326 Å². The molecule has 9 nitrogen and oxygen atoms in total. The van der Waals surface area contributed by atoms with Crippen LogP contribution in [-0.2, 0) is 37.4 Å². The van der Waals surface area contributed by atoms with Gasteiger partial charge in [-0.25, -0.2) is 13.1 Å². The number of nitrogens with zero attached hydrogens (tertiary/aromatic N) is 1. The Bertz CT molecular complexity index is 2020. The van der Waals surface area contributed by atoms with Crippen molar-refractivity contribution in [2.45, 2.75) is 120 Å². The van der Waals surface area contributed by atoms with E-state index in [0.29, 0.717) is 24.9 Å². The van der Waals surface area contributed by atoms with Gasteiger partial charge in [0.25, 0.3) is 0 Å². The van der Waals surface area contributed by atoms with E-state index in [-0.39, 0.29) is 47.7 Å². The Hall–Kier alpha value is -3.90. The third-order valence-corrected chi connectivity index (χ3v) is 12.7. The third kappa shape index (κ3) is 9.74. The molecule has 7 rings (SSSR count). The first-order chi connectivity index (χ1) is 26.5. The highest BCUT2D eigenvalue weighted by atomic mass is 32.2. The summed E-state index contributed by atoms with van der Waals surface area (Å²) in [5.41, 5.74) is 5.18. The molecule has 3 N–H and O–H groups in total. The summed E-state index contributed by atoms with van der Waals surface area (Å²) in [5.74, 6) is 0.685. The highest BCUT2D eigenvalue weighted by Crippen LogP contribution is 2.42. The lowest BCUT2D eigenvalue weighted by molar-refractivity contribution is -0.255. The van der Waals surface area contributed by atoms with Gasteiger partial charge in [0.2, 0.25) is 15.9 Å². The molecule has 1 amide bonds. The molecule has 2 heterocycles. The molecule has 10 heteroatoms. The molecule has 0 radical (unpaired) electrons. The molecule has 292 valence electrons. The van der Waals surface area contributed by atoms with Crippen LogP contribution in [0.2, 0.25) is 0 Å². The van der Waals surface area contributed by atoms with Gasteiger partial charge in [0.1, 0.15) is 0 Å². The first-order valence-corrected chi connectivity index (χ1v) is 21.3. The number of aliphatic hydroxyl groups is 1. The number of carbonyl (C=O) groups excluding carboxylic acids is 1. The van der Waals surface area contributed by atoms with Gasteiger partial charge in [-0.2, -0.15) is 0 Å². The molecule has 55 heavy (non-hydrogen) atoms. The van der Waals surface area contributed by atoms with Crippen LogP contribution in [0.15, 0.2) is 108 Å². The minimum atomic E-state index is -3.65. The summed E-state index contributed by atoms with van der Waals surface area (Å²) in [5, 5.41) is 13.0. The summed E-state index contributed by atoms with van der Waals surface area (Å²) in [6, 6.07) is 32.5. The van der Waals surface area contributed by atoms with Crippen molar-refractivity contribution in [1.82, 2.24) is 14.9 Å². The normalized spacial score (nSPS) is 24.9. The highest BCUT2D eigenvalue weighted by Gasteiger charge is 2.44. The zero-order valence-electron chi connectivity index (χ0n) is 32.2. The van der Waals surface area contributed by atoms with Crippen LogP contribution in [0.4, 0.5) is 0 Å². The summed E-state index contributed by atoms with van der Waals surface area (Å²) in [6.45, 7) is 6.89. The van der Waals surface area contributed by atoms with E-state index in [1.165, 1.54) is 19.3 Å². The monoisotopic (exact) mass is 765 g/mol. The van der Waals surface area contributed by atoms with E-state index in [2.05, 4.69) is 21.0 Å².